The second kappa shape index (κ2) is 3.79. The monoisotopic (exact) mass is 201 g/mol. The summed E-state index contributed by atoms with van der Waals surface area (Å²) in [7, 11) is 0. The van der Waals surface area contributed by atoms with Gasteiger partial charge in [0.1, 0.15) is 0 Å². The zero-order valence-electron chi connectivity index (χ0n) is 8.25. The van der Waals surface area contributed by atoms with E-state index in [1.807, 2.05) is 11.8 Å². The van der Waals surface area contributed by atoms with Crippen LogP contribution in [0.25, 0.3) is 0 Å². The molecule has 1 heterocycles. The van der Waals surface area contributed by atoms with Gasteiger partial charge in [-0.05, 0) is 37.5 Å². The Labute approximate surface area is 84.5 Å². The van der Waals surface area contributed by atoms with Gasteiger partial charge in [-0.3, -0.25) is 0 Å². The van der Waals surface area contributed by atoms with E-state index < -0.39 is 0 Å². The van der Waals surface area contributed by atoms with Crippen LogP contribution in [0.15, 0.2) is 0 Å². The molecule has 13 heavy (non-hydrogen) atoms. The van der Waals surface area contributed by atoms with E-state index in [0.717, 1.165) is 18.9 Å². The Bertz CT molecular complexity index is 184. The normalized spacial score (nSPS) is 39.7. The van der Waals surface area contributed by atoms with Gasteiger partial charge in [0.2, 0.25) is 0 Å². The Morgan fingerprint density at radius 1 is 1.54 bits per heavy atom. The second-order valence-electron chi connectivity index (χ2n) is 4.40. The van der Waals surface area contributed by atoms with E-state index in [2.05, 4.69) is 12.2 Å². The topological polar surface area (TPSA) is 32.3 Å². The Balaban J connectivity index is 1.88. The summed E-state index contributed by atoms with van der Waals surface area (Å²) in [6.07, 6.45) is 3.90. The van der Waals surface area contributed by atoms with E-state index in [-0.39, 0.29) is 5.54 Å². The lowest BCUT2D eigenvalue weighted by molar-refractivity contribution is 0.161. The zero-order valence-corrected chi connectivity index (χ0v) is 9.07. The lowest BCUT2D eigenvalue weighted by Crippen LogP contribution is -2.53. The van der Waals surface area contributed by atoms with Gasteiger partial charge in [-0.25, -0.2) is 0 Å². The van der Waals surface area contributed by atoms with Gasteiger partial charge in [0.15, 0.2) is 0 Å². The summed E-state index contributed by atoms with van der Waals surface area (Å²) in [5.41, 5.74) is 0.0350. The number of hydrogen-bond acceptors (Lipinski definition) is 3. The number of hydrogen-bond donors (Lipinski definition) is 2. The van der Waals surface area contributed by atoms with Crippen molar-refractivity contribution in [2.75, 3.05) is 18.9 Å². The van der Waals surface area contributed by atoms with Crippen molar-refractivity contribution >= 4 is 11.8 Å². The maximum Gasteiger partial charge on any atom is 0.0624 e. The Morgan fingerprint density at radius 3 is 2.77 bits per heavy atom. The van der Waals surface area contributed by atoms with Crippen molar-refractivity contribution in [2.45, 2.75) is 37.0 Å². The minimum atomic E-state index is 0.0350. The molecule has 1 aliphatic carbocycles. The molecule has 2 rings (SSSR count). The highest BCUT2D eigenvalue weighted by Gasteiger charge is 2.40. The van der Waals surface area contributed by atoms with E-state index in [9.17, 15) is 5.11 Å². The molecule has 1 aliphatic heterocycles. The van der Waals surface area contributed by atoms with Crippen molar-refractivity contribution in [3.8, 4) is 0 Å². The minimum Gasteiger partial charge on any atom is -0.394 e. The van der Waals surface area contributed by atoms with Crippen LogP contribution in [0.5, 0.6) is 0 Å². The molecule has 2 atom stereocenters. The summed E-state index contributed by atoms with van der Waals surface area (Å²) < 4.78 is 0. The quantitative estimate of drug-likeness (QED) is 0.718. The number of aliphatic hydroxyl groups excluding tert-OH is 1. The highest BCUT2D eigenvalue weighted by atomic mass is 32.2. The predicted octanol–water partition coefficient (Wildman–Crippen LogP) is 1.24. The molecule has 76 valence electrons. The molecule has 3 heteroatoms. The van der Waals surface area contributed by atoms with Crippen molar-refractivity contribution in [3.05, 3.63) is 0 Å². The smallest absolute Gasteiger partial charge is 0.0624 e. The highest BCUT2D eigenvalue weighted by molar-refractivity contribution is 8.00. The molecule has 2 N–H and O–H groups in total. The van der Waals surface area contributed by atoms with Gasteiger partial charge in [0, 0.05) is 5.25 Å². The Morgan fingerprint density at radius 2 is 2.31 bits per heavy atom. The maximum absolute atomic E-state index is 9.44. The Kier molecular flexibility index (Phi) is 2.86. The van der Waals surface area contributed by atoms with Gasteiger partial charge in [0.05, 0.1) is 12.1 Å². The standard InChI is InChI=1S/C10H19NOS/c1-8-10(7-12,4-5-13-8)11-6-9-2-3-9/h8-9,11-12H,2-7H2,1H3. The third kappa shape index (κ3) is 2.03. The Hall–Kier alpha value is 0.270. The van der Waals surface area contributed by atoms with Crippen molar-refractivity contribution in [2.24, 2.45) is 5.92 Å². The third-order valence-corrected chi connectivity index (χ3v) is 4.81. The average Bonchev–Trinajstić information content (AvgIpc) is 2.89. The first-order chi connectivity index (χ1) is 6.27. The number of rotatable bonds is 4. The molecule has 0 spiro atoms. The van der Waals surface area contributed by atoms with Crippen LogP contribution in [0, 0.1) is 5.92 Å². The summed E-state index contributed by atoms with van der Waals surface area (Å²) in [6.45, 7) is 3.65. The van der Waals surface area contributed by atoms with E-state index >= 15 is 0 Å². The van der Waals surface area contributed by atoms with Crippen LogP contribution < -0.4 is 5.32 Å². The van der Waals surface area contributed by atoms with Crippen LogP contribution in [0.1, 0.15) is 26.2 Å². The number of thioether (sulfide) groups is 1. The van der Waals surface area contributed by atoms with Gasteiger partial charge >= 0.3 is 0 Å². The van der Waals surface area contributed by atoms with Gasteiger partial charge in [0.25, 0.3) is 0 Å². The molecule has 2 aliphatic rings. The summed E-state index contributed by atoms with van der Waals surface area (Å²) in [6, 6.07) is 0. The minimum absolute atomic E-state index is 0.0350. The summed E-state index contributed by atoms with van der Waals surface area (Å²) in [5.74, 6) is 2.10. The van der Waals surface area contributed by atoms with Crippen LogP contribution in [-0.2, 0) is 0 Å². The van der Waals surface area contributed by atoms with Crippen LogP contribution in [0.4, 0.5) is 0 Å². The second-order valence-corrected chi connectivity index (χ2v) is 5.85. The fourth-order valence-electron chi connectivity index (χ4n) is 1.95. The van der Waals surface area contributed by atoms with Gasteiger partial charge < -0.3 is 10.4 Å². The van der Waals surface area contributed by atoms with Crippen molar-refractivity contribution in [3.63, 3.8) is 0 Å². The lowest BCUT2D eigenvalue weighted by Gasteiger charge is -2.32. The van der Waals surface area contributed by atoms with E-state index in [1.54, 1.807) is 0 Å². The van der Waals surface area contributed by atoms with Crippen molar-refractivity contribution in [1.82, 2.24) is 5.32 Å². The third-order valence-electron chi connectivity index (χ3n) is 3.42. The SMILES string of the molecule is CC1SCCC1(CO)NCC1CC1. The van der Waals surface area contributed by atoms with E-state index in [0.29, 0.717) is 11.9 Å². The van der Waals surface area contributed by atoms with Crippen LogP contribution >= 0.6 is 11.8 Å². The first kappa shape index (κ1) is 9.81. The largest absolute Gasteiger partial charge is 0.394 e. The summed E-state index contributed by atoms with van der Waals surface area (Å²) in [5, 5.41) is 13.6. The van der Waals surface area contributed by atoms with Gasteiger partial charge in [-0.15, -0.1) is 0 Å². The molecule has 0 radical (unpaired) electrons. The summed E-state index contributed by atoms with van der Waals surface area (Å²) in [4.78, 5) is 0. The fourth-order valence-corrected chi connectivity index (χ4v) is 3.38. The van der Waals surface area contributed by atoms with Gasteiger partial charge in [-0.1, -0.05) is 6.92 Å². The maximum atomic E-state index is 9.44. The molecule has 2 unspecified atom stereocenters. The van der Waals surface area contributed by atoms with Crippen LogP contribution in [0.3, 0.4) is 0 Å². The van der Waals surface area contributed by atoms with E-state index in [1.165, 1.54) is 18.6 Å². The molecule has 0 aromatic rings. The predicted molar refractivity (Wildman–Crippen MR) is 57.1 cm³/mol. The number of aliphatic hydroxyl groups is 1. The van der Waals surface area contributed by atoms with Crippen molar-refractivity contribution in [1.29, 1.82) is 0 Å². The number of nitrogens with one attached hydrogen (secondary N) is 1. The molecule has 1 saturated carbocycles. The molecule has 2 nitrogen and oxygen atoms in total. The molecule has 1 saturated heterocycles. The molecule has 0 aromatic heterocycles. The van der Waals surface area contributed by atoms with Crippen LogP contribution in [0.2, 0.25) is 0 Å². The van der Waals surface area contributed by atoms with Crippen LogP contribution in [-0.4, -0.2) is 34.8 Å². The molecule has 0 aromatic carbocycles. The molecule has 2 fully saturated rings. The fraction of sp³-hybridized carbons (Fsp3) is 1.00. The first-order valence-corrected chi connectivity index (χ1v) is 6.29. The molecular formula is C10H19NOS. The molecule has 0 amide bonds. The molecular weight excluding hydrogens is 182 g/mol. The van der Waals surface area contributed by atoms with Crippen molar-refractivity contribution < 1.29 is 5.11 Å². The van der Waals surface area contributed by atoms with Gasteiger partial charge in [-0.2, -0.15) is 11.8 Å². The molecule has 0 bridgehead atoms. The summed E-state index contributed by atoms with van der Waals surface area (Å²) >= 11 is 1.98. The van der Waals surface area contributed by atoms with E-state index in [4.69, 9.17) is 0 Å². The lowest BCUT2D eigenvalue weighted by atomic mass is 9.93. The highest BCUT2D eigenvalue weighted by Crippen LogP contribution is 2.36. The zero-order chi connectivity index (χ0) is 9.31. The first-order valence-electron chi connectivity index (χ1n) is 5.24. The average molecular weight is 201 g/mol.